The van der Waals surface area contributed by atoms with E-state index in [1.165, 1.54) is 6.07 Å². The Hall–Kier alpha value is -0.340. The van der Waals surface area contributed by atoms with Crippen molar-refractivity contribution in [2.24, 2.45) is 0 Å². The summed E-state index contributed by atoms with van der Waals surface area (Å²) in [6.45, 7) is 0.451. The van der Waals surface area contributed by atoms with E-state index in [-0.39, 0.29) is 18.8 Å². The van der Waals surface area contributed by atoms with Crippen LogP contribution < -0.4 is 0 Å². The Labute approximate surface area is 120 Å². The molecule has 0 radical (unpaired) electrons. The van der Waals surface area contributed by atoms with Crippen molar-refractivity contribution >= 4 is 40.2 Å². The van der Waals surface area contributed by atoms with Crippen molar-refractivity contribution in [2.45, 2.75) is 4.90 Å². The molecule has 7 heteroatoms. The van der Waals surface area contributed by atoms with Gasteiger partial charge in [0.15, 0.2) is 0 Å². The highest BCUT2D eigenvalue weighted by molar-refractivity contribution is 8.76. The number of benzene rings is 1. The Morgan fingerprint density at radius 3 is 1.94 bits per heavy atom. The molecule has 0 spiro atoms. The van der Waals surface area contributed by atoms with E-state index in [9.17, 15) is 4.79 Å². The van der Waals surface area contributed by atoms with Gasteiger partial charge < -0.3 is 15.3 Å². The average molecular weight is 308 g/mol. The number of hydrogen-bond acceptors (Lipinski definition) is 6. The molecule has 102 valence electrons. The number of carboxylic acid groups (broad SMARTS) is 1. The lowest BCUT2D eigenvalue weighted by atomic mass is 10.2. The van der Waals surface area contributed by atoms with Gasteiger partial charge in [-0.1, -0.05) is 33.7 Å². The molecule has 4 nitrogen and oxygen atoms in total. The van der Waals surface area contributed by atoms with Crippen LogP contribution in [0.5, 0.6) is 0 Å². The average Bonchev–Trinajstić information content (AvgIpc) is 2.36. The maximum atomic E-state index is 10.4. The van der Waals surface area contributed by atoms with Gasteiger partial charge in [0.05, 0.1) is 18.8 Å². The van der Waals surface area contributed by atoms with E-state index in [0.29, 0.717) is 4.90 Å². The van der Waals surface area contributed by atoms with Crippen molar-refractivity contribution in [3.05, 3.63) is 29.8 Å². The van der Waals surface area contributed by atoms with E-state index in [1.807, 2.05) is 0 Å². The van der Waals surface area contributed by atoms with Crippen molar-refractivity contribution in [1.82, 2.24) is 0 Å². The van der Waals surface area contributed by atoms with Gasteiger partial charge in [0.1, 0.15) is 0 Å². The highest BCUT2D eigenvalue weighted by Gasteiger charge is 2.03. The lowest BCUT2D eigenvalue weighted by Gasteiger charge is -1.95. The Morgan fingerprint density at radius 2 is 1.61 bits per heavy atom. The van der Waals surface area contributed by atoms with Crippen LogP contribution in [0.1, 0.15) is 10.4 Å². The van der Waals surface area contributed by atoms with Crippen LogP contribution in [0.4, 0.5) is 0 Å². The summed E-state index contributed by atoms with van der Waals surface area (Å²) in [5, 5.41) is 25.1. The van der Waals surface area contributed by atoms with E-state index < -0.39 is 5.97 Å². The second kappa shape index (κ2) is 11.7. The molecule has 0 bridgehead atoms. The summed E-state index contributed by atoms with van der Waals surface area (Å²) in [7, 11) is 3.17. The standard InChI is InChI=1S/C7H6O2S.C4H10O2S2/c8-7(9)5-3-1-2-4-6(5)10;5-1-3-7-8-4-2-6/h1-4,10H,(H,8,9);5-6H,1-4H2. The SMILES string of the molecule is O=C(O)c1ccccc1S.OCCSSCCO. The molecule has 0 atom stereocenters. The maximum absolute atomic E-state index is 10.4. The van der Waals surface area contributed by atoms with Crippen LogP contribution in [0.3, 0.4) is 0 Å². The molecular formula is C11H16O4S3. The van der Waals surface area contributed by atoms with Crippen LogP contribution in [-0.4, -0.2) is 46.0 Å². The summed E-state index contributed by atoms with van der Waals surface area (Å²) in [5.74, 6) is 0.570. The van der Waals surface area contributed by atoms with Gasteiger partial charge in [-0.15, -0.1) is 12.6 Å². The summed E-state index contributed by atoms with van der Waals surface area (Å²) < 4.78 is 0. The van der Waals surface area contributed by atoms with Gasteiger partial charge in [-0.2, -0.15) is 0 Å². The minimum atomic E-state index is -0.939. The number of aliphatic hydroxyl groups excluding tert-OH is 2. The molecule has 0 aromatic heterocycles. The van der Waals surface area contributed by atoms with Crippen molar-refractivity contribution in [2.75, 3.05) is 24.7 Å². The number of thiol groups is 1. The molecule has 0 aliphatic carbocycles. The number of hydrogen-bond donors (Lipinski definition) is 4. The summed E-state index contributed by atoms with van der Waals surface area (Å²) in [5.41, 5.74) is 0.242. The Kier molecular flexibility index (Phi) is 11.5. The fourth-order valence-electron chi connectivity index (χ4n) is 0.847. The van der Waals surface area contributed by atoms with Gasteiger partial charge in [-0.25, -0.2) is 4.79 Å². The topological polar surface area (TPSA) is 77.8 Å². The molecule has 1 rings (SSSR count). The molecule has 0 aliphatic heterocycles. The molecule has 1 aromatic carbocycles. The maximum Gasteiger partial charge on any atom is 0.336 e. The van der Waals surface area contributed by atoms with Gasteiger partial charge in [-0.3, -0.25) is 0 Å². The third-order valence-electron chi connectivity index (χ3n) is 1.57. The normalized spacial score (nSPS) is 9.50. The first-order chi connectivity index (χ1) is 8.63. The fraction of sp³-hybridized carbons (Fsp3) is 0.364. The summed E-state index contributed by atoms with van der Waals surface area (Å²) in [6, 6.07) is 6.58. The molecule has 0 saturated carbocycles. The molecule has 1 aromatic rings. The smallest absolute Gasteiger partial charge is 0.336 e. The molecule has 3 N–H and O–H groups in total. The number of carbonyl (C=O) groups is 1. The Balaban J connectivity index is 0.000000331. The first-order valence-corrected chi connectivity index (χ1v) is 8.04. The molecular weight excluding hydrogens is 292 g/mol. The van der Waals surface area contributed by atoms with Gasteiger partial charge in [0.25, 0.3) is 0 Å². The van der Waals surface area contributed by atoms with Crippen LogP contribution in [0, 0.1) is 0 Å². The van der Waals surface area contributed by atoms with Crippen LogP contribution in [0.15, 0.2) is 29.2 Å². The second-order valence-corrected chi connectivity index (χ2v) is 6.10. The molecule has 0 fully saturated rings. The lowest BCUT2D eigenvalue weighted by molar-refractivity contribution is 0.0693. The zero-order chi connectivity index (χ0) is 13.8. The molecule has 18 heavy (non-hydrogen) atoms. The van der Waals surface area contributed by atoms with Gasteiger partial charge in [0, 0.05) is 16.4 Å². The number of aliphatic hydroxyl groups is 2. The molecule has 0 amide bonds. The van der Waals surface area contributed by atoms with Crippen LogP contribution in [0.2, 0.25) is 0 Å². The Bertz CT molecular complexity index is 341. The van der Waals surface area contributed by atoms with Crippen molar-refractivity contribution < 1.29 is 20.1 Å². The van der Waals surface area contributed by atoms with Crippen molar-refractivity contribution in [3.8, 4) is 0 Å². The number of carboxylic acids is 1. The lowest BCUT2D eigenvalue weighted by Crippen LogP contribution is -1.96. The molecule has 0 heterocycles. The predicted molar refractivity (Wildman–Crippen MR) is 79.7 cm³/mol. The Morgan fingerprint density at radius 1 is 1.11 bits per heavy atom. The zero-order valence-corrected chi connectivity index (χ0v) is 12.2. The summed E-state index contributed by atoms with van der Waals surface area (Å²) in [6.07, 6.45) is 0. The molecule has 0 unspecified atom stereocenters. The minimum absolute atomic E-state index is 0.225. The molecule has 0 saturated heterocycles. The third kappa shape index (κ3) is 8.71. The van der Waals surface area contributed by atoms with Gasteiger partial charge in [-0.05, 0) is 12.1 Å². The van der Waals surface area contributed by atoms with Crippen molar-refractivity contribution in [3.63, 3.8) is 0 Å². The van der Waals surface area contributed by atoms with Gasteiger partial charge in [0.2, 0.25) is 0 Å². The van der Waals surface area contributed by atoms with E-state index >= 15 is 0 Å². The zero-order valence-electron chi connectivity index (χ0n) is 9.65. The monoisotopic (exact) mass is 308 g/mol. The summed E-state index contributed by atoms with van der Waals surface area (Å²) in [4.78, 5) is 10.9. The van der Waals surface area contributed by atoms with Crippen LogP contribution >= 0.6 is 34.2 Å². The van der Waals surface area contributed by atoms with Crippen LogP contribution in [-0.2, 0) is 0 Å². The highest BCUT2D eigenvalue weighted by Crippen LogP contribution is 2.18. The predicted octanol–water partition coefficient (Wildman–Crippen LogP) is 2.03. The number of rotatable bonds is 6. The second-order valence-electron chi connectivity index (χ2n) is 2.91. The van der Waals surface area contributed by atoms with Crippen molar-refractivity contribution in [1.29, 1.82) is 0 Å². The van der Waals surface area contributed by atoms with Crippen LogP contribution in [0.25, 0.3) is 0 Å². The minimum Gasteiger partial charge on any atom is -0.478 e. The summed E-state index contributed by atoms with van der Waals surface area (Å²) >= 11 is 3.96. The largest absolute Gasteiger partial charge is 0.478 e. The van der Waals surface area contributed by atoms with E-state index in [0.717, 1.165) is 11.5 Å². The molecule has 0 aliphatic rings. The van der Waals surface area contributed by atoms with Gasteiger partial charge >= 0.3 is 5.97 Å². The van der Waals surface area contributed by atoms with E-state index in [2.05, 4.69) is 12.6 Å². The highest BCUT2D eigenvalue weighted by atomic mass is 33.1. The first-order valence-electron chi connectivity index (χ1n) is 5.11. The fourth-order valence-corrected chi connectivity index (χ4v) is 2.64. The number of aromatic carboxylic acids is 1. The quantitative estimate of drug-likeness (QED) is 0.366. The van der Waals surface area contributed by atoms with E-state index in [4.69, 9.17) is 15.3 Å². The first kappa shape index (κ1) is 17.7. The van der Waals surface area contributed by atoms with E-state index in [1.54, 1.807) is 39.8 Å². The third-order valence-corrected chi connectivity index (χ3v) is 4.32.